The molecule has 1 saturated carbocycles. The summed E-state index contributed by atoms with van der Waals surface area (Å²) in [7, 11) is 7.70. The second-order valence-electron chi connectivity index (χ2n) is 9.24. The van der Waals surface area contributed by atoms with Crippen LogP contribution >= 0.6 is 0 Å². The van der Waals surface area contributed by atoms with Crippen LogP contribution in [0.1, 0.15) is 55.8 Å². The van der Waals surface area contributed by atoms with Gasteiger partial charge in [0.1, 0.15) is 19.4 Å². The quantitative estimate of drug-likeness (QED) is 0.411. The Morgan fingerprint density at radius 3 is 2.56 bits per heavy atom. The van der Waals surface area contributed by atoms with Gasteiger partial charge in [-0.15, -0.1) is 0 Å². The second kappa shape index (κ2) is 12.1. The molecule has 1 aromatic carbocycles. The molecule has 2 aliphatic rings. The fraction of sp³-hybridized carbons (Fsp3) is 0.520. The smallest absolute Gasteiger partial charge is 0.251 e. The van der Waals surface area contributed by atoms with Crippen LogP contribution in [0.25, 0.3) is 0 Å². The largest absolute Gasteiger partial charge is 0.495 e. The molecule has 1 saturated heterocycles. The minimum atomic E-state index is -0.150. The summed E-state index contributed by atoms with van der Waals surface area (Å²) in [5.41, 5.74) is 1.54. The van der Waals surface area contributed by atoms with Crippen LogP contribution in [0, 0.1) is 0 Å². The van der Waals surface area contributed by atoms with Gasteiger partial charge in [0, 0.05) is 50.0 Å². The molecule has 2 radical (unpaired) electrons. The molecule has 190 valence electrons. The molecule has 0 unspecified atom stereocenters. The fourth-order valence-corrected chi connectivity index (χ4v) is 4.65. The van der Waals surface area contributed by atoms with E-state index in [4.69, 9.17) is 17.3 Å². The lowest BCUT2D eigenvalue weighted by Gasteiger charge is -2.33. The number of aromatic nitrogens is 2. The molecule has 4 rings (SSSR count). The van der Waals surface area contributed by atoms with Gasteiger partial charge in [0.05, 0.1) is 12.8 Å². The van der Waals surface area contributed by atoms with E-state index in [1.165, 1.54) is 13.1 Å². The Morgan fingerprint density at radius 2 is 1.83 bits per heavy atom. The standard InChI is InChI=1S/C25H33BN6O4/c1-15(33)28-19-5-3-4-6-20(19)30-23-18(26)14-27-25(32-23)31-21-8-7-16(13-22(21)35-2)24(34)29-17-9-11-36-12-10-17/h7-8,13-14,17,19-20H,3-6,9-12H2,1-2H3,(H,28,33)(H,29,34)(H2,27,30,31,32)/t19-,20-/m1/s1. The molecular formula is C25H33BN6O4. The number of ether oxygens (including phenoxy) is 2. The van der Waals surface area contributed by atoms with Crippen LogP contribution in [0.4, 0.5) is 17.5 Å². The van der Waals surface area contributed by atoms with Crippen molar-refractivity contribution in [2.24, 2.45) is 0 Å². The highest BCUT2D eigenvalue weighted by molar-refractivity contribution is 6.35. The summed E-state index contributed by atoms with van der Waals surface area (Å²) in [6, 6.07) is 5.33. The lowest BCUT2D eigenvalue weighted by Crippen LogP contribution is -2.48. The Hall–Kier alpha value is -3.34. The Morgan fingerprint density at radius 1 is 1.08 bits per heavy atom. The van der Waals surface area contributed by atoms with Crippen LogP contribution in [0.3, 0.4) is 0 Å². The van der Waals surface area contributed by atoms with E-state index in [-0.39, 0.29) is 29.9 Å². The number of nitrogens with one attached hydrogen (secondary N) is 4. The molecule has 36 heavy (non-hydrogen) atoms. The summed E-state index contributed by atoms with van der Waals surface area (Å²) in [4.78, 5) is 33.2. The minimum Gasteiger partial charge on any atom is -0.495 e. The number of anilines is 3. The van der Waals surface area contributed by atoms with Crippen molar-refractivity contribution in [1.29, 1.82) is 0 Å². The number of nitrogens with zero attached hydrogens (tertiary/aromatic N) is 2. The predicted octanol–water partition coefficient (Wildman–Crippen LogP) is 1.79. The number of carbonyl (C=O) groups excluding carboxylic acids is 2. The molecule has 2 aromatic rings. The minimum absolute atomic E-state index is 0.0157. The molecule has 0 spiro atoms. The number of hydrogen-bond donors (Lipinski definition) is 4. The zero-order valence-corrected chi connectivity index (χ0v) is 20.8. The van der Waals surface area contributed by atoms with Crippen LogP contribution in [0.15, 0.2) is 24.4 Å². The van der Waals surface area contributed by atoms with Gasteiger partial charge in [-0.25, -0.2) is 4.98 Å². The van der Waals surface area contributed by atoms with Gasteiger partial charge in [-0.3, -0.25) is 9.59 Å². The van der Waals surface area contributed by atoms with E-state index < -0.39 is 0 Å². The first kappa shape index (κ1) is 25.7. The van der Waals surface area contributed by atoms with E-state index in [9.17, 15) is 9.59 Å². The third kappa shape index (κ3) is 6.66. The summed E-state index contributed by atoms with van der Waals surface area (Å²) in [6.07, 6.45) is 7.09. The summed E-state index contributed by atoms with van der Waals surface area (Å²) >= 11 is 0. The Labute approximate surface area is 212 Å². The third-order valence-electron chi connectivity index (χ3n) is 6.56. The molecule has 2 heterocycles. The normalized spacial score (nSPS) is 20.3. The number of amides is 2. The number of hydrogen-bond acceptors (Lipinski definition) is 8. The lowest BCUT2D eigenvalue weighted by atomic mass is 9.89. The van der Waals surface area contributed by atoms with Gasteiger partial charge in [-0.1, -0.05) is 12.8 Å². The number of benzene rings is 1. The summed E-state index contributed by atoms with van der Waals surface area (Å²) in [5.74, 6) is 1.12. The summed E-state index contributed by atoms with van der Waals surface area (Å²) < 4.78 is 10.9. The maximum atomic E-state index is 12.7. The highest BCUT2D eigenvalue weighted by Crippen LogP contribution is 2.28. The number of carbonyl (C=O) groups is 2. The Balaban J connectivity index is 1.46. The van der Waals surface area contributed by atoms with E-state index in [1.54, 1.807) is 25.3 Å². The third-order valence-corrected chi connectivity index (χ3v) is 6.56. The molecule has 2 amide bonds. The Bertz CT molecular complexity index is 1080. The number of methoxy groups -OCH3 is 1. The highest BCUT2D eigenvalue weighted by Gasteiger charge is 2.26. The van der Waals surface area contributed by atoms with Crippen LogP contribution in [-0.4, -0.2) is 68.1 Å². The van der Waals surface area contributed by atoms with Gasteiger partial charge in [-0.2, -0.15) is 4.98 Å². The van der Waals surface area contributed by atoms with E-state index in [0.29, 0.717) is 47.4 Å². The van der Waals surface area contributed by atoms with Crippen LogP contribution in [0.5, 0.6) is 5.75 Å². The molecule has 1 aliphatic carbocycles. The van der Waals surface area contributed by atoms with E-state index in [1.807, 2.05) is 0 Å². The van der Waals surface area contributed by atoms with Gasteiger partial charge in [-0.05, 0) is 49.3 Å². The topological polar surface area (TPSA) is 126 Å². The molecular weight excluding hydrogens is 459 g/mol. The first-order valence-electron chi connectivity index (χ1n) is 12.4. The van der Waals surface area contributed by atoms with Crippen molar-refractivity contribution in [3.8, 4) is 5.75 Å². The average Bonchev–Trinajstić information content (AvgIpc) is 2.87. The predicted molar refractivity (Wildman–Crippen MR) is 138 cm³/mol. The van der Waals surface area contributed by atoms with Gasteiger partial charge in [0.25, 0.3) is 5.91 Å². The zero-order valence-electron chi connectivity index (χ0n) is 20.8. The van der Waals surface area contributed by atoms with Crippen molar-refractivity contribution in [1.82, 2.24) is 20.6 Å². The zero-order chi connectivity index (χ0) is 25.5. The SMILES string of the molecule is [B]c1cnc(Nc2ccc(C(=O)NC3CCOCC3)cc2OC)nc1N[C@@H]1CCCC[C@H]1NC(C)=O. The maximum Gasteiger partial charge on any atom is 0.251 e. The van der Waals surface area contributed by atoms with Gasteiger partial charge >= 0.3 is 0 Å². The number of rotatable bonds is 8. The fourth-order valence-electron chi connectivity index (χ4n) is 4.65. The molecule has 1 aromatic heterocycles. The highest BCUT2D eigenvalue weighted by atomic mass is 16.5. The lowest BCUT2D eigenvalue weighted by molar-refractivity contribution is -0.119. The van der Waals surface area contributed by atoms with Crippen molar-refractivity contribution < 1.29 is 19.1 Å². The Kier molecular flexibility index (Phi) is 8.63. The van der Waals surface area contributed by atoms with Crippen LogP contribution in [-0.2, 0) is 9.53 Å². The molecule has 2 fully saturated rings. The van der Waals surface area contributed by atoms with Crippen molar-refractivity contribution in [2.45, 2.75) is 63.6 Å². The van der Waals surface area contributed by atoms with E-state index >= 15 is 0 Å². The average molecular weight is 492 g/mol. The molecule has 10 nitrogen and oxygen atoms in total. The van der Waals surface area contributed by atoms with Crippen molar-refractivity contribution >= 4 is 42.6 Å². The second-order valence-corrected chi connectivity index (χ2v) is 9.24. The molecule has 1 aliphatic heterocycles. The molecule has 11 heteroatoms. The van der Waals surface area contributed by atoms with Crippen molar-refractivity contribution in [3.63, 3.8) is 0 Å². The van der Waals surface area contributed by atoms with Gasteiger partial charge in [0.15, 0.2) is 0 Å². The maximum absolute atomic E-state index is 12.7. The van der Waals surface area contributed by atoms with Gasteiger partial charge < -0.3 is 30.7 Å². The monoisotopic (exact) mass is 492 g/mol. The van der Waals surface area contributed by atoms with Gasteiger partial charge in [0.2, 0.25) is 11.9 Å². The van der Waals surface area contributed by atoms with E-state index in [0.717, 1.165) is 38.5 Å². The molecule has 2 atom stereocenters. The van der Waals surface area contributed by atoms with Crippen LogP contribution in [0.2, 0.25) is 0 Å². The first-order chi connectivity index (χ1) is 17.4. The van der Waals surface area contributed by atoms with Crippen molar-refractivity contribution in [3.05, 3.63) is 30.0 Å². The molecule has 0 bridgehead atoms. The summed E-state index contributed by atoms with van der Waals surface area (Å²) in [6.45, 7) is 2.84. The first-order valence-corrected chi connectivity index (χ1v) is 12.4. The molecule has 4 N–H and O–H groups in total. The summed E-state index contributed by atoms with van der Waals surface area (Å²) in [5, 5.41) is 12.6. The van der Waals surface area contributed by atoms with E-state index in [2.05, 4.69) is 31.2 Å². The van der Waals surface area contributed by atoms with Crippen LogP contribution < -0.4 is 31.5 Å². The van der Waals surface area contributed by atoms with Crippen molar-refractivity contribution in [2.75, 3.05) is 31.0 Å².